The molecule has 2 fully saturated rings. The van der Waals surface area contributed by atoms with Crippen LogP contribution in [0.1, 0.15) is 18.4 Å². The van der Waals surface area contributed by atoms with Crippen LogP contribution in [0.25, 0.3) is 0 Å². The Hall–Kier alpha value is -1.58. The number of aliphatic carboxylic acids is 1. The summed E-state index contributed by atoms with van der Waals surface area (Å²) in [6, 6.07) is 4.99. The van der Waals surface area contributed by atoms with E-state index < -0.39 is 28.1 Å². The number of halogens is 1. The van der Waals surface area contributed by atoms with Gasteiger partial charge in [-0.1, -0.05) is 29.4 Å². The van der Waals surface area contributed by atoms with Crippen molar-refractivity contribution >= 4 is 55.9 Å². The molecular weight excluding hydrogens is 400 g/mol. The summed E-state index contributed by atoms with van der Waals surface area (Å²) in [6.45, 7) is 1.85. The van der Waals surface area contributed by atoms with Gasteiger partial charge >= 0.3 is 0 Å². The van der Waals surface area contributed by atoms with Crippen molar-refractivity contribution in [3.8, 4) is 0 Å². The van der Waals surface area contributed by atoms with Gasteiger partial charge in [0, 0.05) is 28.4 Å². The van der Waals surface area contributed by atoms with Gasteiger partial charge in [0.15, 0.2) is 15.0 Å². The molecule has 140 valence electrons. The molecule has 0 N–H and O–H groups in total. The van der Waals surface area contributed by atoms with E-state index in [4.69, 9.17) is 11.6 Å². The van der Waals surface area contributed by atoms with Crippen LogP contribution < -0.4 is 10.0 Å². The van der Waals surface area contributed by atoms with Gasteiger partial charge in [0.1, 0.15) is 0 Å². The molecular formula is C16H16ClN2O5S2-. The Balaban J connectivity index is 1.94. The average Bonchev–Trinajstić information content (AvgIpc) is 2.99. The van der Waals surface area contributed by atoms with E-state index in [1.54, 1.807) is 17.0 Å². The highest BCUT2D eigenvalue weighted by Crippen LogP contribution is 2.41. The Bertz CT molecular complexity index is 900. The second-order valence-corrected chi connectivity index (χ2v) is 10.0. The van der Waals surface area contributed by atoms with Crippen molar-refractivity contribution in [1.29, 1.82) is 0 Å². The van der Waals surface area contributed by atoms with Crippen molar-refractivity contribution in [2.24, 2.45) is 4.99 Å². The molecule has 2 saturated heterocycles. The number of hydrogen-bond donors (Lipinski definition) is 0. The lowest BCUT2D eigenvalue weighted by Gasteiger charge is -2.25. The van der Waals surface area contributed by atoms with E-state index in [2.05, 4.69) is 4.99 Å². The normalized spacial score (nSPS) is 25.5. The van der Waals surface area contributed by atoms with Gasteiger partial charge in [0.05, 0.1) is 17.5 Å². The van der Waals surface area contributed by atoms with Crippen LogP contribution in [-0.2, 0) is 19.4 Å². The average molecular weight is 416 g/mol. The summed E-state index contributed by atoms with van der Waals surface area (Å²) in [6.07, 6.45) is -0.666. The third kappa shape index (κ3) is 4.05. The van der Waals surface area contributed by atoms with E-state index in [0.717, 1.165) is 5.56 Å². The number of sulfone groups is 1. The largest absolute Gasteiger partial charge is 0.550 e. The van der Waals surface area contributed by atoms with Crippen LogP contribution in [0.15, 0.2) is 23.2 Å². The maximum atomic E-state index is 12.0. The van der Waals surface area contributed by atoms with Gasteiger partial charge in [0.25, 0.3) is 0 Å². The van der Waals surface area contributed by atoms with Crippen LogP contribution in [-0.4, -0.2) is 48.3 Å². The molecule has 0 aromatic heterocycles. The molecule has 0 radical (unpaired) electrons. The quantitative estimate of drug-likeness (QED) is 0.715. The molecule has 0 saturated carbocycles. The minimum atomic E-state index is -3.16. The van der Waals surface area contributed by atoms with Crippen molar-refractivity contribution in [2.75, 3.05) is 16.4 Å². The molecule has 10 heteroatoms. The first-order chi connectivity index (χ1) is 12.2. The SMILES string of the molecule is Cc1ccc(N2C(=NC(=O)CCC(=O)[O-])S[C@@H]3CS(=O)(=O)C[C@H]32)cc1Cl. The van der Waals surface area contributed by atoms with E-state index in [1.165, 1.54) is 11.8 Å². The number of benzene rings is 1. The zero-order valence-electron chi connectivity index (χ0n) is 13.8. The van der Waals surface area contributed by atoms with Gasteiger partial charge in [-0.3, -0.25) is 4.79 Å². The number of aliphatic imine (C=N–C) groups is 1. The lowest BCUT2D eigenvalue weighted by Crippen LogP contribution is -2.37. The summed E-state index contributed by atoms with van der Waals surface area (Å²) < 4.78 is 24.0. The van der Waals surface area contributed by atoms with Crippen LogP contribution in [0.4, 0.5) is 5.69 Å². The zero-order chi connectivity index (χ0) is 19.1. The highest BCUT2D eigenvalue weighted by atomic mass is 35.5. The van der Waals surface area contributed by atoms with E-state index in [0.29, 0.717) is 15.9 Å². The second-order valence-electron chi connectivity index (χ2n) is 6.26. The number of thioether (sulfide) groups is 1. The Labute approximate surface area is 160 Å². The number of carbonyl (C=O) groups excluding carboxylic acids is 2. The fourth-order valence-electron chi connectivity index (χ4n) is 2.97. The molecule has 2 aliphatic heterocycles. The number of aryl methyl sites for hydroxylation is 1. The van der Waals surface area contributed by atoms with Crippen molar-refractivity contribution in [2.45, 2.75) is 31.1 Å². The van der Waals surface area contributed by atoms with Crippen molar-refractivity contribution in [3.63, 3.8) is 0 Å². The highest BCUT2D eigenvalue weighted by Gasteiger charge is 2.49. The van der Waals surface area contributed by atoms with Crippen molar-refractivity contribution in [1.82, 2.24) is 0 Å². The Morgan fingerprint density at radius 3 is 2.73 bits per heavy atom. The third-order valence-electron chi connectivity index (χ3n) is 4.26. The van der Waals surface area contributed by atoms with Crippen LogP contribution >= 0.6 is 23.4 Å². The van der Waals surface area contributed by atoms with Gasteiger partial charge in [-0.2, -0.15) is 4.99 Å². The highest BCUT2D eigenvalue weighted by molar-refractivity contribution is 8.16. The number of amidine groups is 1. The van der Waals surface area contributed by atoms with Gasteiger partial charge in [-0.15, -0.1) is 0 Å². The topological polar surface area (TPSA) is 107 Å². The molecule has 1 aromatic rings. The molecule has 26 heavy (non-hydrogen) atoms. The lowest BCUT2D eigenvalue weighted by molar-refractivity contribution is -0.305. The summed E-state index contributed by atoms with van der Waals surface area (Å²) in [7, 11) is -3.16. The zero-order valence-corrected chi connectivity index (χ0v) is 16.2. The molecule has 2 atom stereocenters. The minimum absolute atomic E-state index is 0.0185. The van der Waals surface area contributed by atoms with Gasteiger partial charge in [-0.05, 0) is 31.0 Å². The molecule has 0 bridgehead atoms. The van der Waals surface area contributed by atoms with E-state index in [1.807, 2.05) is 13.0 Å². The van der Waals surface area contributed by atoms with Crippen molar-refractivity contribution < 1.29 is 23.1 Å². The maximum absolute atomic E-state index is 12.0. The predicted molar refractivity (Wildman–Crippen MR) is 99.2 cm³/mol. The summed E-state index contributed by atoms with van der Waals surface area (Å²) in [5, 5.41) is 11.2. The summed E-state index contributed by atoms with van der Waals surface area (Å²) >= 11 is 7.43. The second kappa shape index (κ2) is 7.21. The summed E-state index contributed by atoms with van der Waals surface area (Å²) in [4.78, 5) is 28.3. The Kier molecular flexibility index (Phi) is 5.32. The van der Waals surface area contributed by atoms with E-state index in [9.17, 15) is 23.1 Å². The number of fused-ring (bicyclic) bond motifs is 1. The number of hydrogen-bond acceptors (Lipinski definition) is 6. The number of nitrogens with zero attached hydrogens (tertiary/aromatic N) is 2. The first-order valence-corrected chi connectivity index (χ1v) is 11.0. The van der Waals surface area contributed by atoms with Gasteiger partial charge in [-0.25, -0.2) is 8.42 Å². The molecule has 0 unspecified atom stereocenters. The molecule has 0 aliphatic carbocycles. The van der Waals surface area contributed by atoms with Crippen LogP contribution in [0.2, 0.25) is 5.02 Å². The molecule has 1 amide bonds. The summed E-state index contributed by atoms with van der Waals surface area (Å²) in [5.41, 5.74) is 1.53. The smallest absolute Gasteiger partial charge is 0.248 e. The number of rotatable bonds is 4. The first kappa shape index (κ1) is 19.2. The van der Waals surface area contributed by atoms with Crippen LogP contribution in [0, 0.1) is 6.92 Å². The maximum Gasteiger partial charge on any atom is 0.248 e. The monoisotopic (exact) mass is 415 g/mol. The fraction of sp³-hybridized carbons (Fsp3) is 0.438. The van der Waals surface area contributed by atoms with E-state index >= 15 is 0 Å². The predicted octanol–water partition coefficient (Wildman–Crippen LogP) is 0.780. The molecule has 3 rings (SSSR count). The van der Waals surface area contributed by atoms with E-state index in [-0.39, 0.29) is 29.2 Å². The molecule has 7 nitrogen and oxygen atoms in total. The van der Waals surface area contributed by atoms with Crippen molar-refractivity contribution in [3.05, 3.63) is 28.8 Å². The first-order valence-electron chi connectivity index (χ1n) is 7.90. The van der Waals surface area contributed by atoms with Gasteiger partial charge < -0.3 is 14.8 Å². The summed E-state index contributed by atoms with van der Waals surface area (Å²) in [5.74, 6) is -1.90. The Morgan fingerprint density at radius 1 is 1.35 bits per heavy atom. The fourth-order valence-corrected chi connectivity index (χ4v) is 7.08. The van der Waals surface area contributed by atoms with Crippen LogP contribution in [0.3, 0.4) is 0 Å². The number of anilines is 1. The molecule has 2 heterocycles. The standard InChI is InChI=1S/C16H17ClN2O5S2/c1-9-2-3-10(6-11(9)17)19-12-7-26(23,24)8-13(12)25-16(19)18-14(20)4-5-15(21)22/h2-3,6,12-13H,4-5,7-8H2,1H3,(H,21,22)/p-1/t12-,13-/m1/s1. The Morgan fingerprint density at radius 2 is 2.08 bits per heavy atom. The number of carboxylic acids is 1. The molecule has 0 spiro atoms. The molecule has 2 aliphatic rings. The third-order valence-corrected chi connectivity index (χ3v) is 7.88. The van der Waals surface area contributed by atoms with Crippen LogP contribution in [0.5, 0.6) is 0 Å². The minimum Gasteiger partial charge on any atom is -0.550 e. The lowest BCUT2D eigenvalue weighted by atomic mass is 10.1. The number of carboxylic acid groups (broad SMARTS) is 1. The number of carbonyl (C=O) groups is 2. The molecule has 1 aromatic carbocycles. The number of amides is 1. The van der Waals surface area contributed by atoms with Gasteiger partial charge in [0.2, 0.25) is 5.91 Å².